The lowest BCUT2D eigenvalue weighted by Crippen LogP contribution is -2.09. The average molecular weight is 219 g/mol. The van der Waals surface area contributed by atoms with Gasteiger partial charge in [0, 0.05) is 17.0 Å². The molecule has 0 radical (unpaired) electrons. The monoisotopic (exact) mass is 218 g/mol. The third-order valence-corrected chi connectivity index (χ3v) is 2.11. The van der Waals surface area contributed by atoms with Crippen LogP contribution < -0.4 is 0 Å². The standard InChI is InChI=1S/C7H7BrO3/c8-5-4-7(10)11-6(5)2-1-3-9/h3-4,6H,1-2H2. The molecule has 1 rings (SSSR count). The van der Waals surface area contributed by atoms with Gasteiger partial charge < -0.3 is 9.53 Å². The highest BCUT2D eigenvalue weighted by Gasteiger charge is 2.23. The zero-order valence-corrected chi connectivity index (χ0v) is 7.33. The van der Waals surface area contributed by atoms with Gasteiger partial charge in [0.25, 0.3) is 0 Å². The van der Waals surface area contributed by atoms with Crippen molar-refractivity contribution in [2.24, 2.45) is 0 Å². The first-order valence-electron chi connectivity index (χ1n) is 3.25. The highest BCUT2D eigenvalue weighted by molar-refractivity contribution is 9.11. The molecule has 3 nitrogen and oxygen atoms in total. The van der Waals surface area contributed by atoms with Gasteiger partial charge in [0.1, 0.15) is 12.4 Å². The molecule has 60 valence electrons. The number of cyclic esters (lactones) is 1. The van der Waals surface area contributed by atoms with Crippen LogP contribution in [0, 0.1) is 0 Å². The molecule has 0 aromatic heterocycles. The Kier molecular flexibility index (Phi) is 2.82. The van der Waals surface area contributed by atoms with Crippen LogP contribution in [0.25, 0.3) is 0 Å². The summed E-state index contributed by atoms with van der Waals surface area (Å²) in [6.07, 6.45) is 2.93. The van der Waals surface area contributed by atoms with E-state index in [-0.39, 0.29) is 12.1 Å². The molecule has 0 fully saturated rings. The van der Waals surface area contributed by atoms with Gasteiger partial charge >= 0.3 is 5.97 Å². The molecular formula is C7H7BrO3. The number of carbonyl (C=O) groups is 2. The Hall–Kier alpha value is -0.640. The fourth-order valence-electron chi connectivity index (χ4n) is 0.852. The summed E-state index contributed by atoms with van der Waals surface area (Å²) in [5, 5.41) is 0. The number of rotatable bonds is 3. The molecule has 1 aliphatic heterocycles. The number of halogens is 1. The van der Waals surface area contributed by atoms with Gasteiger partial charge in [0.15, 0.2) is 0 Å². The van der Waals surface area contributed by atoms with Crippen LogP contribution in [-0.2, 0) is 14.3 Å². The molecule has 0 saturated carbocycles. The van der Waals surface area contributed by atoms with Crippen molar-refractivity contribution >= 4 is 28.2 Å². The van der Waals surface area contributed by atoms with Crippen molar-refractivity contribution in [2.45, 2.75) is 18.9 Å². The van der Waals surface area contributed by atoms with Crippen LogP contribution in [0.2, 0.25) is 0 Å². The molecule has 0 N–H and O–H groups in total. The minimum atomic E-state index is -0.340. The third-order valence-electron chi connectivity index (χ3n) is 1.37. The van der Waals surface area contributed by atoms with Crippen LogP contribution in [-0.4, -0.2) is 18.4 Å². The van der Waals surface area contributed by atoms with Crippen LogP contribution in [0.3, 0.4) is 0 Å². The maximum atomic E-state index is 10.6. The van der Waals surface area contributed by atoms with Gasteiger partial charge in [-0.15, -0.1) is 0 Å². The van der Waals surface area contributed by atoms with Crippen LogP contribution in [0.1, 0.15) is 12.8 Å². The predicted molar refractivity (Wildman–Crippen MR) is 42.2 cm³/mol. The molecule has 0 aromatic rings. The molecule has 1 heterocycles. The van der Waals surface area contributed by atoms with E-state index in [0.717, 1.165) is 10.8 Å². The van der Waals surface area contributed by atoms with E-state index < -0.39 is 0 Å². The smallest absolute Gasteiger partial charge is 0.332 e. The van der Waals surface area contributed by atoms with Crippen molar-refractivity contribution in [3.8, 4) is 0 Å². The second-order valence-electron chi connectivity index (χ2n) is 2.20. The molecule has 0 bridgehead atoms. The molecule has 4 heteroatoms. The highest BCUT2D eigenvalue weighted by Crippen LogP contribution is 2.24. The highest BCUT2D eigenvalue weighted by atomic mass is 79.9. The second-order valence-corrected chi connectivity index (χ2v) is 3.11. The molecule has 0 spiro atoms. The fraction of sp³-hybridized carbons (Fsp3) is 0.429. The van der Waals surface area contributed by atoms with Gasteiger partial charge in [-0.05, 0) is 6.42 Å². The van der Waals surface area contributed by atoms with Crippen molar-refractivity contribution in [3.63, 3.8) is 0 Å². The number of esters is 1. The maximum Gasteiger partial charge on any atom is 0.332 e. The Balaban J connectivity index is 2.43. The van der Waals surface area contributed by atoms with Gasteiger partial charge in [0.2, 0.25) is 0 Å². The third kappa shape index (κ3) is 2.15. The average Bonchev–Trinajstić information content (AvgIpc) is 2.26. The van der Waals surface area contributed by atoms with Gasteiger partial charge in [-0.3, -0.25) is 0 Å². The van der Waals surface area contributed by atoms with Gasteiger partial charge in [0.05, 0.1) is 0 Å². The van der Waals surface area contributed by atoms with E-state index >= 15 is 0 Å². The lowest BCUT2D eigenvalue weighted by atomic mass is 10.2. The zero-order chi connectivity index (χ0) is 8.27. The summed E-state index contributed by atoms with van der Waals surface area (Å²) in [6, 6.07) is 0. The SMILES string of the molecule is O=CCCC1OC(=O)C=C1Br. The number of hydrogen-bond donors (Lipinski definition) is 0. The van der Waals surface area contributed by atoms with Crippen molar-refractivity contribution in [1.29, 1.82) is 0 Å². The van der Waals surface area contributed by atoms with E-state index in [1.807, 2.05) is 0 Å². The zero-order valence-electron chi connectivity index (χ0n) is 5.75. The van der Waals surface area contributed by atoms with Crippen LogP contribution in [0.15, 0.2) is 10.6 Å². The Labute approximate surface area is 72.5 Å². The topological polar surface area (TPSA) is 43.4 Å². The quantitative estimate of drug-likeness (QED) is 0.528. The van der Waals surface area contributed by atoms with Crippen molar-refractivity contribution in [1.82, 2.24) is 0 Å². The van der Waals surface area contributed by atoms with E-state index in [1.165, 1.54) is 6.08 Å². The molecular weight excluding hydrogens is 212 g/mol. The normalized spacial score (nSPS) is 22.8. The van der Waals surface area contributed by atoms with E-state index in [0.29, 0.717) is 12.8 Å². The Morgan fingerprint density at radius 1 is 1.73 bits per heavy atom. The fourth-order valence-corrected chi connectivity index (χ4v) is 1.36. The van der Waals surface area contributed by atoms with Gasteiger partial charge in [-0.2, -0.15) is 0 Å². The number of ether oxygens (including phenoxy) is 1. The van der Waals surface area contributed by atoms with Crippen molar-refractivity contribution in [2.75, 3.05) is 0 Å². The molecule has 0 aliphatic carbocycles. The molecule has 0 aromatic carbocycles. The van der Waals surface area contributed by atoms with Crippen LogP contribution in [0.5, 0.6) is 0 Å². The van der Waals surface area contributed by atoms with E-state index in [4.69, 9.17) is 4.74 Å². The summed E-state index contributed by atoms with van der Waals surface area (Å²) < 4.78 is 5.56. The largest absolute Gasteiger partial charge is 0.454 e. The van der Waals surface area contributed by atoms with Crippen molar-refractivity contribution < 1.29 is 14.3 Å². The minimum absolute atomic E-state index is 0.243. The van der Waals surface area contributed by atoms with Gasteiger partial charge in [-0.1, -0.05) is 15.9 Å². The van der Waals surface area contributed by atoms with Gasteiger partial charge in [-0.25, -0.2) is 4.79 Å². The minimum Gasteiger partial charge on any atom is -0.454 e. The first kappa shape index (κ1) is 8.46. The Morgan fingerprint density at radius 2 is 2.45 bits per heavy atom. The number of aldehydes is 1. The summed E-state index contributed by atoms with van der Waals surface area (Å²) in [4.78, 5) is 20.6. The summed E-state index contributed by atoms with van der Waals surface area (Å²) in [7, 11) is 0. The predicted octanol–water partition coefficient (Wildman–Crippen LogP) is 1.17. The van der Waals surface area contributed by atoms with Crippen molar-refractivity contribution in [3.05, 3.63) is 10.6 Å². The molecule has 1 aliphatic rings. The summed E-state index contributed by atoms with van der Waals surface area (Å²) in [5.41, 5.74) is 0. The van der Waals surface area contributed by atoms with Crippen LogP contribution >= 0.6 is 15.9 Å². The molecule has 0 saturated heterocycles. The molecule has 11 heavy (non-hydrogen) atoms. The maximum absolute atomic E-state index is 10.6. The molecule has 1 atom stereocenters. The van der Waals surface area contributed by atoms with E-state index in [2.05, 4.69) is 15.9 Å². The lowest BCUT2D eigenvalue weighted by Gasteiger charge is -2.07. The Morgan fingerprint density at radius 3 is 2.91 bits per heavy atom. The molecule has 0 amide bonds. The Bertz CT molecular complexity index is 210. The summed E-state index contributed by atoms with van der Waals surface area (Å²) >= 11 is 3.17. The molecule has 1 unspecified atom stereocenters. The number of hydrogen-bond acceptors (Lipinski definition) is 3. The summed E-state index contributed by atoms with van der Waals surface area (Å²) in [6.45, 7) is 0. The first-order chi connectivity index (χ1) is 5.24. The second kappa shape index (κ2) is 3.67. The lowest BCUT2D eigenvalue weighted by molar-refractivity contribution is -0.139. The first-order valence-corrected chi connectivity index (χ1v) is 4.04. The number of carbonyl (C=O) groups excluding carboxylic acids is 2. The van der Waals surface area contributed by atoms with E-state index in [9.17, 15) is 9.59 Å². The summed E-state index contributed by atoms with van der Waals surface area (Å²) in [5.74, 6) is -0.340. The van der Waals surface area contributed by atoms with Crippen LogP contribution in [0.4, 0.5) is 0 Å². The van der Waals surface area contributed by atoms with E-state index in [1.54, 1.807) is 0 Å².